The van der Waals surface area contributed by atoms with E-state index in [4.69, 9.17) is 5.73 Å². The molecule has 1 aliphatic rings. The Morgan fingerprint density at radius 2 is 1.50 bits per heavy atom. The average molecular weight is 290 g/mol. The summed E-state index contributed by atoms with van der Waals surface area (Å²) in [4.78, 5) is 0. The number of nitrogens with two attached hydrogens (primary N) is 1. The van der Waals surface area contributed by atoms with E-state index in [-0.39, 0.29) is 11.5 Å². The zero-order valence-corrected chi connectivity index (χ0v) is 13.4. The van der Waals surface area contributed by atoms with Crippen molar-refractivity contribution in [3.63, 3.8) is 0 Å². The standard InChI is InChI=1S/C20H22N2/c1-14(22)12-19(2,3)20(13-21)17-10-6-4-8-15(17)16-9-5-7-11-18(16)20/h4-11,14H,12,22H2,1-3H3. The van der Waals surface area contributed by atoms with Crippen LogP contribution in [0.1, 0.15) is 38.3 Å². The molecule has 0 saturated carbocycles. The van der Waals surface area contributed by atoms with Crippen LogP contribution in [0.5, 0.6) is 0 Å². The van der Waals surface area contributed by atoms with Crippen LogP contribution in [0.2, 0.25) is 0 Å². The van der Waals surface area contributed by atoms with E-state index in [1.165, 1.54) is 11.1 Å². The highest BCUT2D eigenvalue weighted by Crippen LogP contribution is 2.58. The van der Waals surface area contributed by atoms with Crippen LogP contribution >= 0.6 is 0 Å². The molecule has 1 unspecified atom stereocenters. The third-order valence-electron chi connectivity index (χ3n) is 4.97. The van der Waals surface area contributed by atoms with Crippen molar-refractivity contribution in [2.45, 2.75) is 38.6 Å². The van der Waals surface area contributed by atoms with Crippen LogP contribution in [0.15, 0.2) is 48.5 Å². The molecule has 2 heteroatoms. The Morgan fingerprint density at radius 3 is 1.91 bits per heavy atom. The van der Waals surface area contributed by atoms with Gasteiger partial charge < -0.3 is 5.73 Å². The average Bonchev–Trinajstić information content (AvgIpc) is 2.77. The molecule has 0 radical (unpaired) electrons. The molecular weight excluding hydrogens is 268 g/mol. The molecule has 0 bridgehead atoms. The number of hydrogen-bond donors (Lipinski definition) is 1. The number of fused-ring (bicyclic) bond motifs is 3. The van der Waals surface area contributed by atoms with Gasteiger partial charge in [0, 0.05) is 6.04 Å². The molecule has 112 valence electrons. The third kappa shape index (κ3) is 1.82. The molecule has 0 saturated heterocycles. The maximum absolute atomic E-state index is 10.3. The highest BCUT2D eigenvalue weighted by molar-refractivity contribution is 5.83. The van der Waals surface area contributed by atoms with E-state index >= 15 is 0 Å². The first-order valence-electron chi connectivity index (χ1n) is 7.80. The van der Waals surface area contributed by atoms with Crippen LogP contribution in [0, 0.1) is 16.7 Å². The minimum absolute atomic E-state index is 0.0557. The van der Waals surface area contributed by atoms with Crippen molar-refractivity contribution in [3.05, 3.63) is 59.7 Å². The topological polar surface area (TPSA) is 49.8 Å². The Hall–Kier alpha value is -2.11. The monoisotopic (exact) mass is 290 g/mol. The fourth-order valence-electron chi connectivity index (χ4n) is 4.19. The van der Waals surface area contributed by atoms with E-state index in [1.54, 1.807) is 0 Å². The molecule has 2 aromatic rings. The lowest BCUT2D eigenvalue weighted by Crippen LogP contribution is -2.43. The van der Waals surface area contributed by atoms with E-state index in [0.29, 0.717) is 0 Å². The summed E-state index contributed by atoms with van der Waals surface area (Å²) < 4.78 is 0. The minimum Gasteiger partial charge on any atom is -0.328 e. The fraction of sp³-hybridized carbons (Fsp3) is 0.350. The molecular formula is C20H22N2. The van der Waals surface area contributed by atoms with E-state index in [2.05, 4.69) is 44.2 Å². The van der Waals surface area contributed by atoms with Crippen molar-refractivity contribution in [1.29, 1.82) is 5.26 Å². The summed E-state index contributed by atoms with van der Waals surface area (Å²) in [6.07, 6.45) is 0.795. The smallest absolute Gasteiger partial charge is 0.113 e. The molecule has 0 aromatic heterocycles. The van der Waals surface area contributed by atoms with Gasteiger partial charge in [0.25, 0.3) is 0 Å². The maximum atomic E-state index is 10.3. The lowest BCUT2D eigenvalue weighted by atomic mass is 9.59. The molecule has 0 aliphatic heterocycles. The Balaban J connectivity index is 2.35. The second kappa shape index (κ2) is 4.97. The van der Waals surface area contributed by atoms with Gasteiger partial charge in [-0.15, -0.1) is 0 Å². The minimum atomic E-state index is -0.645. The molecule has 0 fully saturated rings. The van der Waals surface area contributed by atoms with Crippen molar-refractivity contribution in [2.75, 3.05) is 0 Å². The largest absolute Gasteiger partial charge is 0.328 e. The normalized spacial score (nSPS) is 16.5. The van der Waals surface area contributed by atoms with Gasteiger partial charge >= 0.3 is 0 Å². The predicted molar refractivity (Wildman–Crippen MR) is 90.3 cm³/mol. The lowest BCUT2D eigenvalue weighted by molar-refractivity contribution is 0.224. The quantitative estimate of drug-likeness (QED) is 0.919. The van der Waals surface area contributed by atoms with Crippen LogP contribution in [0.25, 0.3) is 11.1 Å². The molecule has 0 spiro atoms. The van der Waals surface area contributed by atoms with Gasteiger partial charge in [-0.2, -0.15) is 5.26 Å². The van der Waals surface area contributed by atoms with Crippen LogP contribution in [-0.2, 0) is 5.41 Å². The zero-order valence-electron chi connectivity index (χ0n) is 13.4. The molecule has 1 aliphatic carbocycles. The molecule has 1 atom stereocenters. The Bertz CT molecular complexity index is 705. The molecule has 22 heavy (non-hydrogen) atoms. The van der Waals surface area contributed by atoms with Crippen LogP contribution in [0.4, 0.5) is 0 Å². The number of rotatable bonds is 3. The summed E-state index contributed by atoms with van der Waals surface area (Å²) in [6.45, 7) is 6.34. The van der Waals surface area contributed by atoms with Crippen molar-refractivity contribution in [1.82, 2.24) is 0 Å². The van der Waals surface area contributed by atoms with E-state index in [9.17, 15) is 5.26 Å². The summed E-state index contributed by atoms with van der Waals surface area (Å²) >= 11 is 0. The van der Waals surface area contributed by atoms with Crippen molar-refractivity contribution in [3.8, 4) is 17.2 Å². The zero-order chi connectivity index (χ0) is 16.0. The van der Waals surface area contributed by atoms with Gasteiger partial charge in [0.15, 0.2) is 0 Å². The summed E-state index contributed by atoms with van der Waals surface area (Å²) in [5.74, 6) is 0. The first-order valence-corrected chi connectivity index (χ1v) is 7.80. The molecule has 0 heterocycles. The van der Waals surface area contributed by atoms with Crippen molar-refractivity contribution >= 4 is 0 Å². The van der Waals surface area contributed by atoms with Gasteiger partial charge in [-0.3, -0.25) is 0 Å². The van der Waals surface area contributed by atoms with Gasteiger partial charge in [0.2, 0.25) is 0 Å². The molecule has 3 rings (SSSR count). The van der Waals surface area contributed by atoms with E-state index in [0.717, 1.165) is 17.5 Å². The fourth-order valence-corrected chi connectivity index (χ4v) is 4.19. The maximum Gasteiger partial charge on any atom is 0.113 e. The Kier molecular flexibility index (Phi) is 3.34. The van der Waals surface area contributed by atoms with Gasteiger partial charge in [-0.05, 0) is 41.0 Å². The highest BCUT2D eigenvalue weighted by atomic mass is 14.6. The Labute approximate surface area is 132 Å². The Morgan fingerprint density at radius 1 is 1.05 bits per heavy atom. The van der Waals surface area contributed by atoms with Crippen LogP contribution in [0.3, 0.4) is 0 Å². The predicted octanol–water partition coefficient (Wildman–Crippen LogP) is 4.24. The highest BCUT2D eigenvalue weighted by Gasteiger charge is 2.53. The van der Waals surface area contributed by atoms with Gasteiger partial charge in [-0.1, -0.05) is 62.4 Å². The van der Waals surface area contributed by atoms with Gasteiger partial charge in [0.05, 0.1) is 6.07 Å². The third-order valence-corrected chi connectivity index (χ3v) is 4.97. The summed E-state index contributed by atoms with van der Waals surface area (Å²) in [5, 5.41) is 10.3. The second-order valence-electron chi connectivity index (χ2n) is 7.02. The molecule has 2 aromatic carbocycles. The molecule has 2 N–H and O–H groups in total. The molecule has 0 amide bonds. The van der Waals surface area contributed by atoms with E-state index in [1.807, 2.05) is 31.2 Å². The van der Waals surface area contributed by atoms with E-state index < -0.39 is 5.41 Å². The number of benzene rings is 2. The summed E-state index contributed by atoms with van der Waals surface area (Å²) in [7, 11) is 0. The lowest BCUT2D eigenvalue weighted by Gasteiger charge is -2.41. The molecule has 2 nitrogen and oxygen atoms in total. The summed E-state index contributed by atoms with van der Waals surface area (Å²) in [6, 6.07) is 19.3. The SMILES string of the molecule is CC(N)CC(C)(C)C1(C#N)c2ccccc2-c2ccccc21. The van der Waals surface area contributed by atoms with Crippen LogP contribution < -0.4 is 5.73 Å². The van der Waals surface area contributed by atoms with Crippen LogP contribution in [-0.4, -0.2) is 6.04 Å². The summed E-state index contributed by atoms with van der Waals surface area (Å²) in [5.41, 5.74) is 9.78. The van der Waals surface area contributed by atoms with Crippen molar-refractivity contribution < 1.29 is 0 Å². The number of hydrogen-bond acceptors (Lipinski definition) is 2. The first-order chi connectivity index (χ1) is 10.4. The second-order valence-corrected chi connectivity index (χ2v) is 7.02. The van der Waals surface area contributed by atoms with Crippen molar-refractivity contribution in [2.24, 2.45) is 11.1 Å². The van der Waals surface area contributed by atoms with Gasteiger partial charge in [0.1, 0.15) is 5.41 Å². The number of nitriles is 1. The number of nitrogens with zero attached hydrogens (tertiary/aromatic N) is 1. The van der Waals surface area contributed by atoms with Gasteiger partial charge in [-0.25, -0.2) is 0 Å². The first kappa shape index (κ1) is 14.8.